The molecule has 2 heterocycles. The smallest absolute Gasteiger partial charge is 0.381 e. The van der Waals surface area contributed by atoms with Crippen molar-refractivity contribution >= 4 is 0 Å². The summed E-state index contributed by atoms with van der Waals surface area (Å²) in [5.41, 5.74) is 5.65. The van der Waals surface area contributed by atoms with Crippen LogP contribution >= 0.6 is 0 Å². The summed E-state index contributed by atoms with van der Waals surface area (Å²) in [6.07, 6.45) is -2.34. The number of hydrogen-bond acceptors (Lipinski definition) is 3. The molecule has 0 spiro atoms. The van der Waals surface area contributed by atoms with Gasteiger partial charge in [-0.05, 0) is 25.8 Å². The lowest BCUT2D eigenvalue weighted by Gasteiger charge is -2.38. The van der Waals surface area contributed by atoms with Crippen molar-refractivity contribution in [2.45, 2.75) is 25.4 Å². The maximum Gasteiger partial charge on any atom is 0.393 e. The summed E-state index contributed by atoms with van der Waals surface area (Å²) in [4.78, 5) is 1.92. The Bertz CT molecular complexity index is 277. The van der Waals surface area contributed by atoms with Gasteiger partial charge in [0.25, 0.3) is 0 Å². The van der Waals surface area contributed by atoms with Gasteiger partial charge in [0, 0.05) is 31.7 Å². The molecule has 2 rings (SSSR count). The van der Waals surface area contributed by atoms with E-state index < -0.39 is 12.1 Å². The Hall–Kier alpha value is -0.330. The van der Waals surface area contributed by atoms with Crippen LogP contribution in [0.25, 0.3) is 0 Å². The van der Waals surface area contributed by atoms with E-state index in [-0.39, 0.29) is 18.4 Å². The minimum absolute atomic E-state index is 0.116. The van der Waals surface area contributed by atoms with Crippen molar-refractivity contribution in [2.24, 2.45) is 17.1 Å². The second-order valence-electron chi connectivity index (χ2n) is 5.62. The highest BCUT2D eigenvalue weighted by molar-refractivity contribution is 4.89. The Kier molecular flexibility index (Phi) is 4.18. The topological polar surface area (TPSA) is 38.5 Å². The molecule has 2 fully saturated rings. The molecule has 0 aromatic heterocycles. The van der Waals surface area contributed by atoms with Gasteiger partial charge in [0.1, 0.15) is 0 Å². The zero-order valence-corrected chi connectivity index (χ0v) is 10.5. The third-order valence-electron chi connectivity index (χ3n) is 4.15. The van der Waals surface area contributed by atoms with Crippen LogP contribution in [-0.2, 0) is 4.74 Å². The van der Waals surface area contributed by atoms with Crippen LogP contribution in [0, 0.1) is 11.3 Å². The van der Waals surface area contributed by atoms with Crippen molar-refractivity contribution in [3.8, 4) is 0 Å². The van der Waals surface area contributed by atoms with Gasteiger partial charge in [-0.3, -0.25) is 0 Å². The first-order valence-corrected chi connectivity index (χ1v) is 6.52. The molecular weight excluding hydrogens is 245 g/mol. The highest BCUT2D eigenvalue weighted by atomic mass is 19.4. The molecule has 0 bridgehead atoms. The molecule has 2 unspecified atom stereocenters. The molecule has 0 aliphatic carbocycles. The molecule has 0 aromatic carbocycles. The number of hydrogen-bond donors (Lipinski definition) is 1. The molecule has 2 aliphatic rings. The van der Waals surface area contributed by atoms with Gasteiger partial charge < -0.3 is 15.4 Å². The summed E-state index contributed by atoms with van der Waals surface area (Å²) in [5.74, 6) is -1.18. The van der Waals surface area contributed by atoms with Crippen LogP contribution < -0.4 is 5.73 Å². The van der Waals surface area contributed by atoms with Gasteiger partial charge in [0.05, 0.1) is 12.5 Å². The minimum atomic E-state index is -4.07. The van der Waals surface area contributed by atoms with Gasteiger partial charge in [-0.1, -0.05) is 0 Å². The molecule has 6 heteroatoms. The second-order valence-corrected chi connectivity index (χ2v) is 5.62. The molecule has 0 radical (unpaired) electrons. The predicted molar refractivity (Wildman–Crippen MR) is 62.1 cm³/mol. The monoisotopic (exact) mass is 266 g/mol. The first-order valence-electron chi connectivity index (χ1n) is 6.52. The van der Waals surface area contributed by atoms with Gasteiger partial charge in [0.2, 0.25) is 0 Å². The number of likely N-dealkylation sites (tertiary alicyclic amines) is 1. The molecule has 0 saturated carbocycles. The zero-order valence-electron chi connectivity index (χ0n) is 10.5. The molecule has 3 nitrogen and oxygen atoms in total. The van der Waals surface area contributed by atoms with Crippen molar-refractivity contribution in [1.82, 2.24) is 4.90 Å². The Morgan fingerprint density at radius 3 is 2.72 bits per heavy atom. The Morgan fingerprint density at radius 1 is 1.39 bits per heavy atom. The number of rotatable bonds is 3. The van der Waals surface area contributed by atoms with Crippen LogP contribution in [0.4, 0.5) is 13.2 Å². The van der Waals surface area contributed by atoms with Crippen molar-refractivity contribution in [2.75, 3.05) is 39.4 Å². The normalized spacial score (nSPS) is 35.0. The molecule has 2 aliphatic heterocycles. The highest BCUT2D eigenvalue weighted by Gasteiger charge is 2.43. The average Bonchev–Trinajstić information content (AvgIpc) is 2.77. The summed E-state index contributed by atoms with van der Waals surface area (Å²) >= 11 is 0. The van der Waals surface area contributed by atoms with Crippen LogP contribution in [0.15, 0.2) is 0 Å². The average molecular weight is 266 g/mol. The summed E-state index contributed by atoms with van der Waals surface area (Å²) in [6, 6.07) is 0. The van der Waals surface area contributed by atoms with Crippen LogP contribution in [0.2, 0.25) is 0 Å². The number of nitrogens with zero attached hydrogens (tertiary/aromatic N) is 1. The van der Waals surface area contributed by atoms with E-state index in [4.69, 9.17) is 10.5 Å². The molecule has 106 valence electrons. The van der Waals surface area contributed by atoms with E-state index in [0.717, 1.165) is 13.0 Å². The Balaban J connectivity index is 1.93. The van der Waals surface area contributed by atoms with Crippen molar-refractivity contribution in [3.05, 3.63) is 0 Å². The molecule has 0 aromatic rings. The fourth-order valence-electron chi connectivity index (χ4n) is 2.94. The Morgan fingerprint density at radius 2 is 2.17 bits per heavy atom. The quantitative estimate of drug-likeness (QED) is 0.843. The maximum absolute atomic E-state index is 12.7. The van der Waals surface area contributed by atoms with Gasteiger partial charge in [-0.25, -0.2) is 0 Å². The Labute approximate surface area is 105 Å². The van der Waals surface area contributed by atoms with E-state index in [9.17, 15) is 13.2 Å². The summed E-state index contributed by atoms with van der Waals surface area (Å²) < 4.78 is 43.5. The number of nitrogens with two attached hydrogens (primary N) is 1. The summed E-state index contributed by atoms with van der Waals surface area (Å²) in [7, 11) is 0. The van der Waals surface area contributed by atoms with Gasteiger partial charge in [-0.15, -0.1) is 0 Å². The summed E-state index contributed by atoms with van der Waals surface area (Å²) in [6.45, 7) is 3.24. The lowest BCUT2D eigenvalue weighted by Crippen LogP contribution is -2.48. The first-order chi connectivity index (χ1) is 8.45. The number of piperidine rings is 1. The van der Waals surface area contributed by atoms with E-state index in [1.807, 2.05) is 4.90 Å². The molecule has 2 saturated heterocycles. The third-order valence-corrected chi connectivity index (χ3v) is 4.15. The van der Waals surface area contributed by atoms with Crippen LogP contribution in [0.5, 0.6) is 0 Å². The van der Waals surface area contributed by atoms with E-state index in [2.05, 4.69) is 0 Å². The predicted octanol–water partition coefficient (Wildman–Crippen LogP) is 1.63. The van der Waals surface area contributed by atoms with E-state index in [1.54, 1.807) is 0 Å². The van der Waals surface area contributed by atoms with Crippen LogP contribution in [0.3, 0.4) is 0 Å². The van der Waals surface area contributed by atoms with Gasteiger partial charge >= 0.3 is 6.18 Å². The first kappa shape index (κ1) is 14.1. The van der Waals surface area contributed by atoms with Crippen LogP contribution in [-0.4, -0.2) is 50.5 Å². The SMILES string of the molecule is NCC1(CN2CCCC(C(F)(F)F)C2)CCOC1. The molecule has 2 atom stereocenters. The standard InChI is InChI=1S/C12H21F3N2O/c13-12(14,15)10-2-1-4-17(6-10)8-11(7-16)3-5-18-9-11/h10H,1-9,16H2. The largest absolute Gasteiger partial charge is 0.393 e. The minimum Gasteiger partial charge on any atom is -0.381 e. The number of halogens is 3. The lowest BCUT2D eigenvalue weighted by atomic mass is 9.85. The fraction of sp³-hybridized carbons (Fsp3) is 1.00. The zero-order chi connectivity index (χ0) is 13.2. The maximum atomic E-state index is 12.7. The molecular formula is C12H21F3N2O. The lowest BCUT2D eigenvalue weighted by molar-refractivity contribution is -0.187. The summed E-state index contributed by atoms with van der Waals surface area (Å²) in [5, 5.41) is 0. The molecule has 2 N–H and O–H groups in total. The van der Waals surface area contributed by atoms with Crippen molar-refractivity contribution in [3.63, 3.8) is 0 Å². The number of ether oxygens (including phenoxy) is 1. The third kappa shape index (κ3) is 3.16. The van der Waals surface area contributed by atoms with E-state index in [1.165, 1.54) is 0 Å². The van der Waals surface area contributed by atoms with Crippen molar-refractivity contribution in [1.29, 1.82) is 0 Å². The van der Waals surface area contributed by atoms with Crippen molar-refractivity contribution < 1.29 is 17.9 Å². The van der Waals surface area contributed by atoms with Gasteiger partial charge in [-0.2, -0.15) is 13.2 Å². The fourth-order valence-corrected chi connectivity index (χ4v) is 2.94. The highest BCUT2D eigenvalue weighted by Crippen LogP contribution is 2.35. The molecule has 0 amide bonds. The van der Waals surface area contributed by atoms with E-state index in [0.29, 0.717) is 32.7 Å². The number of alkyl halides is 3. The molecule has 18 heavy (non-hydrogen) atoms. The second kappa shape index (κ2) is 5.35. The van der Waals surface area contributed by atoms with Gasteiger partial charge in [0.15, 0.2) is 0 Å². The van der Waals surface area contributed by atoms with E-state index >= 15 is 0 Å². The van der Waals surface area contributed by atoms with Crippen LogP contribution in [0.1, 0.15) is 19.3 Å².